The molecule has 0 spiro atoms. The Morgan fingerprint density at radius 1 is 1.03 bits per heavy atom. The molecule has 2 aromatic carbocycles. The number of likely N-dealkylation sites (N-methyl/N-ethyl adjacent to an activating group) is 1. The van der Waals surface area contributed by atoms with Crippen LogP contribution in [0, 0.1) is 0 Å². The van der Waals surface area contributed by atoms with Crippen LogP contribution in [-0.4, -0.2) is 47.9 Å². The average molecular weight is 444 g/mol. The second-order valence-corrected chi connectivity index (χ2v) is 8.30. The summed E-state index contributed by atoms with van der Waals surface area (Å²) < 4.78 is 5.30. The first-order chi connectivity index (χ1) is 16.1. The Morgan fingerprint density at radius 3 is 2.48 bits per heavy atom. The van der Waals surface area contributed by atoms with Crippen molar-refractivity contribution >= 4 is 11.8 Å². The fourth-order valence-electron chi connectivity index (χ4n) is 4.73. The number of carbonyl (C=O) groups is 2. The molecule has 0 aliphatic carbocycles. The summed E-state index contributed by atoms with van der Waals surface area (Å²) in [6, 6.07) is 21.2. The van der Waals surface area contributed by atoms with Crippen molar-refractivity contribution in [2.75, 3.05) is 20.7 Å². The molecule has 0 saturated carbocycles. The van der Waals surface area contributed by atoms with Crippen LogP contribution in [0.2, 0.25) is 0 Å². The first-order valence-electron chi connectivity index (χ1n) is 11.3. The number of methoxy groups -OCH3 is 1. The maximum absolute atomic E-state index is 13.5. The van der Waals surface area contributed by atoms with Gasteiger partial charge in [-0.3, -0.25) is 14.6 Å². The van der Waals surface area contributed by atoms with Crippen LogP contribution in [0.25, 0.3) is 11.1 Å². The third-order valence-electron chi connectivity index (χ3n) is 6.42. The molecule has 33 heavy (non-hydrogen) atoms. The zero-order valence-electron chi connectivity index (χ0n) is 19.1. The highest BCUT2D eigenvalue weighted by atomic mass is 16.5. The number of piperidine rings is 1. The van der Waals surface area contributed by atoms with Crippen molar-refractivity contribution in [2.45, 2.75) is 31.2 Å². The van der Waals surface area contributed by atoms with Crippen LogP contribution >= 0.6 is 0 Å². The largest absolute Gasteiger partial charge is 0.497 e. The number of hydrogen-bond acceptors (Lipinski definition) is 4. The number of benzene rings is 2. The van der Waals surface area contributed by atoms with E-state index in [1.807, 2.05) is 42.5 Å². The van der Waals surface area contributed by atoms with E-state index in [2.05, 4.69) is 16.4 Å². The summed E-state index contributed by atoms with van der Waals surface area (Å²) in [6.45, 7) is 0.521. The summed E-state index contributed by atoms with van der Waals surface area (Å²) in [5.74, 6) is 0.439. The maximum Gasteiger partial charge on any atom is 0.273 e. The lowest BCUT2D eigenvalue weighted by Crippen LogP contribution is -2.63. The van der Waals surface area contributed by atoms with Gasteiger partial charge in [0.05, 0.1) is 7.11 Å². The summed E-state index contributed by atoms with van der Waals surface area (Å²) in [7, 11) is 3.28. The highest BCUT2D eigenvalue weighted by Crippen LogP contribution is 2.36. The van der Waals surface area contributed by atoms with Gasteiger partial charge in [-0.1, -0.05) is 42.5 Å². The normalized spacial score (nSPS) is 17.9. The molecule has 1 saturated heterocycles. The minimum Gasteiger partial charge on any atom is -0.497 e. The predicted molar refractivity (Wildman–Crippen MR) is 128 cm³/mol. The third kappa shape index (κ3) is 4.46. The van der Waals surface area contributed by atoms with E-state index >= 15 is 0 Å². The topological polar surface area (TPSA) is 71.5 Å². The number of carbonyl (C=O) groups excluding carboxylic acids is 2. The van der Waals surface area contributed by atoms with Crippen LogP contribution in [0.3, 0.4) is 0 Å². The van der Waals surface area contributed by atoms with Gasteiger partial charge in [0.15, 0.2) is 0 Å². The fraction of sp³-hybridized carbons (Fsp3) is 0.296. The summed E-state index contributed by atoms with van der Waals surface area (Å²) >= 11 is 0. The van der Waals surface area contributed by atoms with Gasteiger partial charge >= 0.3 is 0 Å². The molecule has 1 atom stereocenters. The highest BCUT2D eigenvalue weighted by Gasteiger charge is 2.48. The van der Waals surface area contributed by atoms with Gasteiger partial charge in [-0.05, 0) is 60.2 Å². The first-order valence-corrected chi connectivity index (χ1v) is 11.3. The Kier molecular flexibility index (Phi) is 6.73. The van der Waals surface area contributed by atoms with Gasteiger partial charge < -0.3 is 15.0 Å². The van der Waals surface area contributed by atoms with Gasteiger partial charge in [0.2, 0.25) is 5.91 Å². The van der Waals surface area contributed by atoms with E-state index in [4.69, 9.17) is 4.74 Å². The Bertz CT molecular complexity index is 1110. The van der Waals surface area contributed by atoms with E-state index in [0.717, 1.165) is 35.3 Å². The van der Waals surface area contributed by atoms with Gasteiger partial charge in [0, 0.05) is 26.2 Å². The van der Waals surface area contributed by atoms with Gasteiger partial charge in [0.25, 0.3) is 5.91 Å². The monoisotopic (exact) mass is 443 g/mol. The second kappa shape index (κ2) is 9.86. The Hall–Kier alpha value is -3.67. The zero-order valence-corrected chi connectivity index (χ0v) is 19.1. The second-order valence-electron chi connectivity index (χ2n) is 8.30. The highest BCUT2D eigenvalue weighted by molar-refractivity contribution is 5.98. The van der Waals surface area contributed by atoms with E-state index in [0.29, 0.717) is 25.1 Å². The summed E-state index contributed by atoms with van der Waals surface area (Å²) in [4.78, 5) is 32.9. The van der Waals surface area contributed by atoms with Crippen LogP contribution in [0.5, 0.6) is 5.75 Å². The van der Waals surface area contributed by atoms with Crippen molar-refractivity contribution in [2.24, 2.45) is 0 Å². The molecule has 1 aliphatic heterocycles. The number of hydrogen-bond donors (Lipinski definition) is 1. The molecular weight excluding hydrogens is 414 g/mol. The molecule has 6 nitrogen and oxygen atoms in total. The molecule has 1 fully saturated rings. The van der Waals surface area contributed by atoms with Crippen molar-refractivity contribution in [3.8, 4) is 16.9 Å². The smallest absolute Gasteiger partial charge is 0.273 e. The van der Waals surface area contributed by atoms with Crippen molar-refractivity contribution in [1.82, 2.24) is 15.2 Å². The molecule has 3 aromatic rings. The molecular formula is C27H29N3O3. The Labute approximate surface area is 194 Å². The minimum absolute atomic E-state index is 0.143. The molecule has 6 heteroatoms. The Morgan fingerprint density at radius 2 is 1.79 bits per heavy atom. The molecule has 4 rings (SSSR count). The summed E-state index contributed by atoms with van der Waals surface area (Å²) in [5.41, 5.74) is 2.48. The van der Waals surface area contributed by atoms with E-state index in [1.165, 1.54) is 0 Å². The van der Waals surface area contributed by atoms with E-state index in [1.54, 1.807) is 43.5 Å². The van der Waals surface area contributed by atoms with E-state index in [9.17, 15) is 9.59 Å². The maximum atomic E-state index is 13.5. The molecule has 170 valence electrons. The predicted octanol–water partition coefficient (Wildman–Crippen LogP) is 4.11. The summed E-state index contributed by atoms with van der Waals surface area (Å²) in [5, 5.41) is 2.84. The van der Waals surface area contributed by atoms with Gasteiger partial charge in [-0.15, -0.1) is 0 Å². The molecule has 1 aromatic heterocycles. The molecule has 1 N–H and O–H groups in total. The van der Waals surface area contributed by atoms with Crippen LogP contribution < -0.4 is 10.1 Å². The van der Waals surface area contributed by atoms with E-state index in [-0.39, 0.29) is 11.8 Å². The van der Waals surface area contributed by atoms with Crippen molar-refractivity contribution in [3.05, 3.63) is 84.2 Å². The van der Waals surface area contributed by atoms with Crippen molar-refractivity contribution in [1.29, 1.82) is 0 Å². The number of pyridine rings is 1. The molecule has 2 heterocycles. The van der Waals surface area contributed by atoms with Gasteiger partial charge in [0.1, 0.15) is 17.0 Å². The molecule has 2 amide bonds. The Balaban J connectivity index is 1.76. The quantitative estimate of drug-likeness (QED) is 0.622. The van der Waals surface area contributed by atoms with Crippen LogP contribution in [-0.2, 0) is 11.2 Å². The van der Waals surface area contributed by atoms with Crippen LogP contribution in [0.4, 0.5) is 0 Å². The number of likely N-dealkylation sites (tertiary alicyclic amines) is 1. The third-order valence-corrected chi connectivity index (χ3v) is 6.42. The average Bonchev–Trinajstić information content (AvgIpc) is 2.89. The van der Waals surface area contributed by atoms with E-state index < -0.39 is 5.54 Å². The molecule has 1 unspecified atom stereocenters. The zero-order chi connectivity index (χ0) is 23.3. The first kappa shape index (κ1) is 22.5. The molecule has 1 aliphatic rings. The number of amides is 2. The number of rotatable bonds is 6. The minimum atomic E-state index is -0.982. The van der Waals surface area contributed by atoms with Gasteiger partial charge in [-0.25, -0.2) is 0 Å². The summed E-state index contributed by atoms with van der Waals surface area (Å²) in [6.07, 6.45) is 4.37. The lowest BCUT2D eigenvalue weighted by Gasteiger charge is -2.46. The molecule has 0 radical (unpaired) electrons. The van der Waals surface area contributed by atoms with Crippen molar-refractivity contribution in [3.63, 3.8) is 0 Å². The number of ether oxygens (including phenoxy) is 1. The number of aromatic nitrogens is 1. The standard InChI is InChI=1S/C27H29N3O3/c1-28-26(32)27(16-6-8-18-30(27)25(31)24-11-5-7-17-29-24)19-21-9-3-4-10-23(21)20-12-14-22(33-2)15-13-20/h3-5,7,9-15,17H,6,8,16,18-19H2,1-2H3,(H,28,32). The van der Waals surface area contributed by atoms with Crippen LogP contribution in [0.15, 0.2) is 72.9 Å². The number of nitrogens with one attached hydrogen (secondary N) is 1. The van der Waals surface area contributed by atoms with Crippen molar-refractivity contribution < 1.29 is 14.3 Å². The molecule has 0 bridgehead atoms. The lowest BCUT2D eigenvalue weighted by atomic mass is 9.78. The van der Waals surface area contributed by atoms with Crippen LogP contribution in [0.1, 0.15) is 35.3 Å². The SMILES string of the molecule is CNC(=O)C1(Cc2ccccc2-c2ccc(OC)cc2)CCCCN1C(=O)c1ccccn1. The lowest BCUT2D eigenvalue weighted by molar-refractivity contribution is -0.133. The number of nitrogens with zero attached hydrogens (tertiary/aromatic N) is 2. The fourth-order valence-corrected chi connectivity index (χ4v) is 4.73. The van der Waals surface area contributed by atoms with Gasteiger partial charge in [-0.2, -0.15) is 0 Å².